The first-order valence-corrected chi connectivity index (χ1v) is 7.62. The Morgan fingerprint density at radius 2 is 1.88 bits per heavy atom. The van der Waals surface area contributed by atoms with Crippen molar-refractivity contribution in [1.29, 1.82) is 0 Å². The highest BCUT2D eigenvalue weighted by atomic mass is 16.5. The lowest BCUT2D eigenvalue weighted by atomic mass is 10.1. The number of hydrogen-bond acceptors (Lipinski definition) is 4. The second kappa shape index (κ2) is 8.62. The third-order valence-electron chi connectivity index (χ3n) is 3.15. The number of carbonyl (C=O) groups is 1. The Balaban J connectivity index is 2.31. The smallest absolute Gasteiger partial charge is 0.339 e. The van der Waals surface area contributed by atoms with Crippen LogP contribution < -0.4 is 9.47 Å². The molecule has 0 aliphatic carbocycles. The van der Waals surface area contributed by atoms with E-state index in [0.29, 0.717) is 29.4 Å². The van der Waals surface area contributed by atoms with E-state index in [9.17, 15) is 9.90 Å². The fraction of sp³-hybridized carbons (Fsp3) is 0.211. The van der Waals surface area contributed by atoms with Crippen LogP contribution in [-0.2, 0) is 9.53 Å². The normalized spacial score (nSPS) is 11.0. The van der Waals surface area contributed by atoms with Crippen LogP contribution in [-0.4, -0.2) is 24.8 Å². The minimum absolute atomic E-state index is 0.0199. The highest BCUT2D eigenvalue weighted by Gasteiger charge is 2.16. The van der Waals surface area contributed by atoms with Crippen molar-refractivity contribution in [1.82, 2.24) is 0 Å². The summed E-state index contributed by atoms with van der Waals surface area (Å²) in [4.78, 5) is 11.4. The summed E-state index contributed by atoms with van der Waals surface area (Å²) in [5, 5.41) is 9.37. The fourth-order valence-electron chi connectivity index (χ4n) is 2.10. The van der Waals surface area contributed by atoms with Gasteiger partial charge in [0.25, 0.3) is 0 Å². The molecule has 0 amide bonds. The molecular formula is C19H20O5. The molecule has 0 unspecified atom stereocenters. The molecule has 0 aliphatic heterocycles. The lowest BCUT2D eigenvalue weighted by Crippen LogP contribution is -2.02. The van der Waals surface area contributed by atoms with E-state index in [0.717, 1.165) is 6.42 Å². The van der Waals surface area contributed by atoms with E-state index in [1.807, 2.05) is 19.1 Å². The van der Waals surface area contributed by atoms with Crippen LogP contribution in [0, 0.1) is 0 Å². The van der Waals surface area contributed by atoms with Gasteiger partial charge < -0.3 is 19.3 Å². The number of rotatable bonds is 8. The third kappa shape index (κ3) is 4.52. The van der Waals surface area contributed by atoms with E-state index in [4.69, 9.17) is 14.2 Å². The van der Waals surface area contributed by atoms with Gasteiger partial charge in [0.1, 0.15) is 22.8 Å². The van der Waals surface area contributed by atoms with Crippen molar-refractivity contribution in [3.63, 3.8) is 0 Å². The lowest BCUT2D eigenvalue weighted by molar-refractivity contribution is -0.130. The maximum Gasteiger partial charge on any atom is 0.339 e. The third-order valence-corrected chi connectivity index (χ3v) is 3.15. The summed E-state index contributed by atoms with van der Waals surface area (Å²) >= 11 is 0. The lowest BCUT2D eigenvalue weighted by Gasteiger charge is -2.12. The van der Waals surface area contributed by atoms with Crippen LogP contribution in [0.4, 0.5) is 0 Å². The van der Waals surface area contributed by atoms with Gasteiger partial charge in [-0.05, 0) is 24.6 Å². The average molecular weight is 328 g/mol. The zero-order chi connectivity index (χ0) is 17.4. The molecule has 0 saturated carbocycles. The van der Waals surface area contributed by atoms with E-state index in [1.54, 1.807) is 36.4 Å². The van der Waals surface area contributed by atoms with Crippen LogP contribution in [0.1, 0.15) is 18.9 Å². The Hall–Kier alpha value is -2.95. The molecule has 5 nitrogen and oxygen atoms in total. The molecule has 0 spiro atoms. The van der Waals surface area contributed by atoms with Gasteiger partial charge >= 0.3 is 5.97 Å². The summed E-state index contributed by atoms with van der Waals surface area (Å²) in [6, 6.07) is 14.1. The van der Waals surface area contributed by atoms with Crippen LogP contribution in [0.3, 0.4) is 0 Å². The Morgan fingerprint density at radius 3 is 2.58 bits per heavy atom. The average Bonchev–Trinajstić information content (AvgIpc) is 2.59. The molecule has 0 aliphatic rings. The number of aliphatic carboxylic acids is 1. The van der Waals surface area contributed by atoms with Gasteiger partial charge in [-0.15, -0.1) is 0 Å². The van der Waals surface area contributed by atoms with Crippen molar-refractivity contribution >= 4 is 11.5 Å². The van der Waals surface area contributed by atoms with Gasteiger partial charge in [0.05, 0.1) is 20.0 Å². The van der Waals surface area contributed by atoms with Gasteiger partial charge in [-0.2, -0.15) is 0 Å². The van der Waals surface area contributed by atoms with E-state index >= 15 is 0 Å². The van der Waals surface area contributed by atoms with Crippen LogP contribution in [0.5, 0.6) is 17.2 Å². The second-order valence-electron chi connectivity index (χ2n) is 4.99. The first-order valence-electron chi connectivity index (χ1n) is 7.62. The predicted molar refractivity (Wildman–Crippen MR) is 91.4 cm³/mol. The Bertz CT molecular complexity index is 721. The van der Waals surface area contributed by atoms with Gasteiger partial charge in [0.15, 0.2) is 0 Å². The number of para-hydroxylation sites is 1. The number of carboxylic acids is 1. The Labute approximate surface area is 141 Å². The molecule has 5 heteroatoms. The first-order chi connectivity index (χ1) is 11.7. The zero-order valence-electron chi connectivity index (χ0n) is 13.7. The molecule has 0 aromatic heterocycles. The minimum atomic E-state index is -1.09. The molecular weight excluding hydrogens is 308 g/mol. The van der Waals surface area contributed by atoms with E-state index in [-0.39, 0.29) is 5.57 Å². The maximum atomic E-state index is 11.4. The van der Waals surface area contributed by atoms with E-state index in [1.165, 1.54) is 13.4 Å². The Kier molecular flexibility index (Phi) is 6.25. The van der Waals surface area contributed by atoms with Crippen molar-refractivity contribution in [3.05, 3.63) is 60.4 Å². The van der Waals surface area contributed by atoms with E-state index < -0.39 is 5.97 Å². The highest BCUT2D eigenvalue weighted by Crippen LogP contribution is 2.31. The van der Waals surface area contributed by atoms with Crippen LogP contribution >= 0.6 is 0 Å². The second-order valence-corrected chi connectivity index (χ2v) is 4.99. The van der Waals surface area contributed by atoms with Gasteiger partial charge in [0, 0.05) is 11.6 Å². The largest absolute Gasteiger partial charge is 0.503 e. The van der Waals surface area contributed by atoms with Crippen molar-refractivity contribution in [2.24, 2.45) is 0 Å². The van der Waals surface area contributed by atoms with Crippen LogP contribution in [0.2, 0.25) is 0 Å². The van der Waals surface area contributed by atoms with Crippen LogP contribution in [0.25, 0.3) is 5.57 Å². The minimum Gasteiger partial charge on any atom is -0.503 e. The van der Waals surface area contributed by atoms with Crippen molar-refractivity contribution in [2.45, 2.75) is 13.3 Å². The monoisotopic (exact) mass is 328 g/mol. The van der Waals surface area contributed by atoms with Crippen molar-refractivity contribution in [2.75, 3.05) is 13.7 Å². The molecule has 1 N–H and O–H groups in total. The van der Waals surface area contributed by atoms with Gasteiger partial charge in [0.2, 0.25) is 0 Å². The summed E-state index contributed by atoms with van der Waals surface area (Å²) in [7, 11) is 1.40. The molecule has 2 aromatic carbocycles. The summed E-state index contributed by atoms with van der Waals surface area (Å²) in [6.07, 6.45) is 2.10. The molecule has 0 fully saturated rings. The maximum absolute atomic E-state index is 11.4. The molecule has 0 atom stereocenters. The molecule has 0 saturated heterocycles. The van der Waals surface area contributed by atoms with Gasteiger partial charge in [-0.25, -0.2) is 4.79 Å². The van der Waals surface area contributed by atoms with Gasteiger partial charge in [-0.3, -0.25) is 0 Å². The topological polar surface area (TPSA) is 65.0 Å². The Morgan fingerprint density at radius 1 is 1.12 bits per heavy atom. The molecule has 2 rings (SSSR count). The van der Waals surface area contributed by atoms with Crippen molar-refractivity contribution in [3.8, 4) is 17.2 Å². The number of methoxy groups -OCH3 is 1. The summed E-state index contributed by atoms with van der Waals surface area (Å²) in [6.45, 7) is 2.66. The van der Waals surface area contributed by atoms with Crippen LogP contribution in [0.15, 0.2) is 54.8 Å². The predicted octanol–water partition coefficient (Wildman–Crippen LogP) is 4.34. The summed E-state index contributed by atoms with van der Waals surface area (Å²) in [5.74, 6) is 0.611. The van der Waals surface area contributed by atoms with Gasteiger partial charge in [-0.1, -0.05) is 31.2 Å². The molecule has 2 aromatic rings. The zero-order valence-corrected chi connectivity index (χ0v) is 13.7. The molecule has 0 radical (unpaired) electrons. The molecule has 126 valence electrons. The quantitative estimate of drug-likeness (QED) is 0.577. The number of carboxylic acid groups (broad SMARTS) is 1. The molecule has 0 bridgehead atoms. The first kappa shape index (κ1) is 17.4. The molecule has 24 heavy (non-hydrogen) atoms. The van der Waals surface area contributed by atoms with E-state index in [2.05, 4.69) is 0 Å². The highest BCUT2D eigenvalue weighted by molar-refractivity contribution is 6.15. The SMILES string of the molecule is CCCOc1cccc(Oc2ccccc2/C(=C\OC)C(=O)O)c1. The van der Waals surface area contributed by atoms with Crippen molar-refractivity contribution < 1.29 is 24.1 Å². The summed E-state index contributed by atoms with van der Waals surface area (Å²) in [5.41, 5.74) is 0.457. The number of hydrogen-bond donors (Lipinski definition) is 1. The molecule has 0 heterocycles. The number of benzene rings is 2. The standard InChI is InChI=1S/C19H20O5/c1-3-11-23-14-7-6-8-15(12-14)24-18-10-5-4-9-16(18)17(13-22-2)19(20)21/h4-10,12-13H,3,11H2,1-2H3,(H,20,21)/b17-13+. The number of ether oxygens (including phenoxy) is 3. The summed E-state index contributed by atoms with van der Waals surface area (Å²) < 4.78 is 16.3. The fourth-order valence-corrected chi connectivity index (χ4v) is 2.10.